The number of halogens is 1. The van der Waals surface area contributed by atoms with Gasteiger partial charge in [0.1, 0.15) is 11.5 Å². The molecule has 0 aromatic carbocycles. The van der Waals surface area contributed by atoms with E-state index < -0.39 is 0 Å². The highest BCUT2D eigenvalue weighted by Gasteiger charge is 2.30. The summed E-state index contributed by atoms with van der Waals surface area (Å²) in [7, 11) is 1.92. The van der Waals surface area contributed by atoms with Crippen molar-refractivity contribution in [2.24, 2.45) is 0 Å². The maximum atomic E-state index is 12.6. The van der Waals surface area contributed by atoms with Gasteiger partial charge in [0.15, 0.2) is 10.8 Å². The fourth-order valence-corrected chi connectivity index (χ4v) is 3.49. The van der Waals surface area contributed by atoms with Crippen molar-refractivity contribution < 1.29 is 9.21 Å². The molecule has 2 aromatic heterocycles. The van der Waals surface area contributed by atoms with Crippen molar-refractivity contribution in [2.75, 3.05) is 20.1 Å². The number of hydrogen-bond acceptors (Lipinski definition) is 5. The van der Waals surface area contributed by atoms with Crippen LogP contribution in [-0.4, -0.2) is 42.0 Å². The highest BCUT2D eigenvalue weighted by Crippen LogP contribution is 2.27. The van der Waals surface area contributed by atoms with E-state index in [9.17, 15) is 4.79 Å². The molecule has 3 rings (SSSR count). The predicted octanol–water partition coefficient (Wildman–Crippen LogP) is 2.96. The number of likely N-dealkylation sites (tertiary alicyclic amines) is 1. The van der Waals surface area contributed by atoms with Crippen LogP contribution in [0.15, 0.2) is 21.9 Å². The number of carbonyl (C=O) groups excluding carboxylic acids is 1. The maximum absolute atomic E-state index is 12.6. The molecular weight excluding hydrogens is 322 g/mol. The lowest BCUT2D eigenvalue weighted by molar-refractivity contribution is 0.0732. The van der Waals surface area contributed by atoms with Crippen LogP contribution in [0.1, 0.15) is 29.1 Å². The molecule has 1 unspecified atom stereocenters. The molecule has 0 saturated carbocycles. The molecule has 1 fully saturated rings. The van der Waals surface area contributed by atoms with Crippen molar-refractivity contribution in [3.8, 4) is 10.8 Å². The van der Waals surface area contributed by atoms with Crippen molar-refractivity contribution >= 4 is 29.7 Å². The van der Waals surface area contributed by atoms with E-state index in [0.717, 1.165) is 42.5 Å². The first-order chi connectivity index (χ1) is 10.2. The number of amides is 1. The first-order valence-corrected chi connectivity index (χ1v) is 8.05. The Morgan fingerprint density at radius 1 is 1.55 bits per heavy atom. The highest BCUT2D eigenvalue weighted by atomic mass is 35.5. The van der Waals surface area contributed by atoms with Gasteiger partial charge in [-0.1, -0.05) is 0 Å². The third kappa shape index (κ3) is 3.34. The predicted molar refractivity (Wildman–Crippen MR) is 89.8 cm³/mol. The van der Waals surface area contributed by atoms with Crippen LogP contribution < -0.4 is 5.32 Å². The number of nitrogens with one attached hydrogen (secondary N) is 1. The van der Waals surface area contributed by atoms with Crippen LogP contribution in [0.2, 0.25) is 0 Å². The average Bonchev–Trinajstić information content (AvgIpc) is 3.17. The Morgan fingerprint density at radius 3 is 3.05 bits per heavy atom. The second-order valence-corrected chi connectivity index (χ2v) is 6.16. The minimum Gasteiger partial charge on any atom is -0.459 e. The van der Waals surface area contributed by atoms with Gasteiger partial charge in [-0.15, -0.1) is 23.7 Å². The molecule has 1 aliphatic heterocycles. The van der Waals surface area contributed by atoms with Crippen molar-refractivity contribution in [3.63, 3.8) is 0 Å². The molecule has 0 aliphatic carbocycles. The zero-order valence-electron chi connectivity index (χ0n) is 12.7. The molecule has 0 spiro atoms. The zero-order chi connectivity index (χ0) is 14.8. The molecule has 1 amide bonds. The molecule has 0 radical (unpaired) electrons. The monoisotopic (exact) mass is 341 g/mol. The molecule has 5 nitrogen and oxygen atoms in total. The summed E-state index contributed by atoms with van der Waals surface area (Å²) in [4.78, 5) is 19.0. The second kappa shape index (κ2) is 7.26. The molecule has 22 heavy (non-hydrogen) atoms. The molecule has 2 aromatic rings. The van der Waals surface area contributed by atoms with Gasteiger partial charge in [-0.05, 0) is 38.9 Å². The van der Waals surface area contributed by atoms with Crippen molar-refractivity contribution in [2.45, 2.75) is 25.8 Å². The quantitative estimate of drug-likeness (QED) is 0.928. The van der Waals surface area contributed by atoms with Crippen LogP contribution in [-0.2, 0) is 0 Å². The molecule has 1 aliphatic rings. The third-order valence-corrected chi connectivity index (χ3v) is 4.61. The average molecular weight is 342 g/mol. The van der Waals surface area contributed by atoms with Crippen molar-refractivity contribution in [1.29, 1.82) is 0 Å². The summed E-state index contributed by atoms with van der Waals surface area (Å²) in [6.07, 6.45) is 2.12. The smallest absolute Gasteiger partial charge is 0.273 e. The lowest BCUT2D eigenvalue weighted by Gasteiger charge is -2.23. The van der Waals surface area contributed by atoms with E-state index in [1.807, 2.05) is 36.4 Å². The van der Waals surface area contributed by atoms with E-state index in [0.29, 0.717) is 5.69 Å². The number of furan rings is 1. The molecule has 1 atom stereocenters. The fourth-order valence-electron chi connectivity index (χ4n) is 2.73. The van der Waals surface area contributed by atoms with Gasteiger partial charge in [0.25, 0.3) is 5.91 Å². The van der Waals surface area contributed by atoms with E-state index in [4.69, 9.17) is 4.42 Å². The maximum Gasteiger partial charge on any atom is 0.273 e. The largest absolute Gasteiger partial charge is 0.459 e. The third-order valence-electron chi connectivity index (χ3n) is 3.75. The van der Waals surface area contributed by atoms with Crippen LogP contribution in [0.25, 0.3) is 10.8 Å². The zero-order valence-corrected chi connectivity index (χ0v) is 14.3. The molecular formula is C15H20ClN3O2S. The molecule has 0 bridgehead atoms. The summed E-state index contributed by atoms with van der Waals surface area (Å²) in [5.74, 6) is 1.60. The van der Waals surface area contributed by atoms with Crippen molar-refractivity contribution in [1.82, 2.24) is 15.2 Å². The van der Waals surface area contributed by atoms with E-state index in [1.165, 1.54) is 11.3 Å². The minimum absolute atomic E-state index is 0. The standard InChI is InChI=1S/C15H19N3O2S.ClH/c1-10-5-6-13(20-10)14-17-12(9-21-14)15(19)18-7-3-4-11(18)8-16-2;/h5-6,9,11,16H,3-4,7-8H2,1-2H3;1H. The first-order valence-electron chi connectivity index (χ1n) is 7.17. The number of likely N-dealkylation sites (N-methyl/N-ethyl adjacent to an activating group) is 1. The summed E-state index contributed by atoms with van der Waals surface area (Å²) >= 11 is 1.45. The summed E-state index contributed by atoms with van der Waals surface area (Å²) in [6, 6.07) is 4.07. The van der Waals surface area contributed by atoms with Gasteiger partial charge in [-0.3, -0.25) is 4.79 Å². The van der Waals surface area contributed by atoms with Crippen LogP contribution in [0.4, 0.5) is 0 Å². The van der Waals surface area contributed by atoms with Gasteiger partial charge in [0.05, 0.1) is 0 Å². The minimum atomic E-state index is 0. The molecule has 120 valence electrons. The Morgan fingerprint density at radius 2 is 2.36 bits per heavy atom. The number of carbonyl (C=O) groups is 1. The summed E-state index contributed by atoms with van der Waals surface area (Å²) in [6.45, 7) is 3.55. The lowest BCUT2D eigenvalue weighted by Crippen LogP contribution is -2.40. The van der Waals surface area contributed by atoms with Gasteiger partial charge in [0, 0.05) is 24.5 Å². The van der Waals surface area contributed by atoms with Crippen LogP contribution in [0.3, 0.4) is 0 Å². The number of hydrogen-bond donors (Lipinski definition) is 1. The Balaban J connectivity index is 0.00000176. The Kier molecular flexibility index (Phi) is 5.61. The Labute approximate surface area is 140 Å². The van der Waals surface area contributed by atoms with Gasteiger partial charge < -0.3 is 14.6 Å². The Hall–Kier alpha value is -1.37. The van der Waals surface area contributed by atoms with Crippen LogP contribution in [0.5, 0.6) is 0 Å². The van der Waals surface area contributed by atoms with E-state index in [-0.39, 0.29) is 24.4 Å². The van der Waals surface area contributed by atoms with E-state index >= 15 is 0 Å². The first kappa shape index (κ1) is 17.0. The lowest BCUT2D eigenvalue weighted by atomic mass is 10.2. The molecule has 1 saturated heterocycles. The van der Waals surface area contributed by atoms with Gasteiger partial charge in [-0.2, -0.15) is 0 Å². The summed E-state index contributed by atoms with van der Waals surface area (Å²) in [5, 5.41) is 5.74. The normalized spacial score (nSPS) is 17.5. The number of thiazole rings is 1. The van der Waals surface area contributed by atoms with E-state index in [2.05, 4.69) is 10.3 Å². The van der Waals surface area contributed by atoms with Gasteiger partial charge >= 0.3 is 0 Å². The highest BCUT2D eigenvalue weighted by molar-refractivity contribution is 7.13. The molecule has 3 heterocycles. The molecule has 7 heteroatoms. The number of nitrogens with zero attached hydrogens (tertiary/aromatic N) is 2. The number of rotatable bonds is 4. The number of aryl methyl sites for hydroxylation is 1. The van der Waals surface area contributed by atoms with Crippen LogP contribution >= 0.6 is 23.7 Å². The topological polar surface area (TPSA) is 58.4 Å². The fraction of sp³-hybridized carbons (Fsp3) is 0.467. The van der Waals surface area contributed by atoms with Crippen molar-refractivity contribution in [3.05, 3.63) is 29.0 Å². The van der Waals surface area contributed by atoms with E-state index in [1.54, 1.807) is 0 Å². The summed E-state index contributed by atoms with van der Waals surface area (Å²) in [5.41, 5.74) is 0.520. The Bertz CT molecular complexity index is 640. The SMILES string of the molecule is CNCC1CCCN1C(=O)c1csc(-c2ccc(C)o2)n1.Cl. The second-order valence-electron chi connectivity index (χ2n) is 5.30. The molecule has 1 N–H and O–H groups in total. The van der Waals surface area contributed by atoms with Gasteiger partial charge in [-0.25, -0.2) is 4.98 Å². The van der Waals surface area contributed by atoms with Crippen LogP contribution in [0, 0.1) is 6.92 Å². The van der Waals surface area contributed by atoms with Gasteiger partial charge in [0.2, 0.25) is 0 Å². The number of aromatic nitrogens is 1. The summed E-state index contributed by atoms with van der Waals surface area (Å²) < 4.78 is 5.56.